The Hall–Kier alpha value is -1.34. The summed E-state index contributed by atoms with van der Waals surface area (Å²) in [5.74, 6) is 0.763. The van der Waals surface area contributed by atoms with Crippen LogP contribution in [0.3, 0.4) is 0 Å². The van der Waals surface area contributed by atoms with Gasteiger partial charge >= 0.3 is 0 Å². The highest BCUT2D eigenvalue weighted by Crippen LogP contribution is 2.30. The third kappa shape index (κ3) is 5.33. The van der Waals surface area contributed by atoms with Crippen molar-refractivity contribution in [3.8, 4) is 0 Å². The third-order valence-corrected chi connectivity index (χ3v) is 6.47. The second-order valence-corrected chi connectivity index (χ2v) is 9.12. The van der Waals surface area contributed by atoms with Crippen LogP contribution in [0.1, 0.15) is 57.4 Å². The van der Waals surface area contributed by atoms with Gasteiger partial charge in [0.2, 0.25) is 5.91 Å². The molecule has 0 bridgehead atoms. The SMILES string of the molecule is CCC[C@@H](C)NC(=O)CSc1nc2sc(C)c(C[C@@H](C)CC)c2c(=O)[nH]1. The Kier molecular flexibility index (Phi) is 7.70. The molecule has 144 valence electrons. The Bertz CT molecular complexity index is 813. The van der Waals surface area contributed by atoms with Crippen molar-refractivity contribution in [1.29, 1.82) is 0 Å². The zero-order chi connectivity index (χ0) is 19.3. The van der Waals surface area contributed by atoms with Crippen molar-refractivity contribution in [3.63, 3.8) is 0 Å². The maximum Gasteiger partial charge on any atom is 0.260 e. The first-order valence-corrected chi connectivity index (χ1v) is 11.1. The molecule has 2 aromatic heterocycles. The van der Waals surface area contributed by atoms with Crippen LogP contribution in [0.5, 0.6) is 0 Å². The van der Waals surface area contributed by atoms with Gasteiger partial charge in [-0.2, -0.15) is 0 Å². The Morgan fingerprint density at radius 1 is 1.35 bits per heavy atom. The molecule has 1 amide bonds. The van der Waals surface area contributed by atoms with Crippen LogP contribution in [0.15, 0.2) is 9.95 Å². The van der Waals surface area contributed by atoms with E-state index in [4.69, 9.17) is 0 Å². The number of carbonyl (C=O) groups excluding carboxylic acids is 1. The number of H-pyrrole nitrogens is 1. The summed E-state index contributed by atoms with van der Waals surface area (Å²) in [6.45, 7) is 10.5. The number of thiophene rings is 1. The minimum Gasteiger partial charge on any atom is -0.353 e. The smallest absolute Gasteiger partial charge is 0.260 e. The number of carbonyl (C=O) groups is 1. The van der Waals surface area contributed by atoms with E-state index in [-0.39, 0.29) is 23.3 Å². The number of aromatic nitrogens is 2. The first kappa shape index (κ1) is 21.0. The van der Waals surface area contributed by atoms with Gasteiger partial charge < -0.3 is 10.3 Å². The lowest BCUT2D eigenvalue weighted by Gasteiger charge is -2.12. The average Bonchev–Trinajstić information content (AvgIpc) is 2.89. The normalized spacial score (nSPS) is 13.7. The molecule has 0 fully saturated rings. The molecule has 2 rings (SSSR count). The number of nitrogens with zero attached hydrogens (tertiary/aromatic N) is 1. The number of rotatable bonds is 9. The van der Waals surface area contributed by atoms with Crippen LogP contribution in [0.25, 0.3) is 10.2 Å². The maximum atomic E-state index is 12.6. The zero-order valence-corrected chi connectivity index (χ0v) is 17.9. The predicted molar refractivity (Wildman–Crippen MR) is 111 cm³/mol. The number of thioether (sulfide) groups is 1. The van der Waals surface area contributed by atoms with Crippen LogP contribution in [0, 0.1) is 12.8 Å². The molecular weight excluding hydrogens is 366 g/mol. The molecule has 0 aromatic carbocycles. The molecule has 2 heterocycles. The van der Waals surface area contributed by atoms with Crippen LogP contribution in [-0.2, 0) is 11.2 Å². The first-order chi connectivity index (χ1) is 12.3. The Labute approximate surface area is 163 Å². The molecule has 2 atom stereocenters. The van der Waals surface area contributed by atoms with Gasteiger partial charge in [-0.3, -0.25) is 9.59 Å². The summed E-state index contributed by atoms with van der Waals surface area (Å²) in [7, 11) is 0. The monoisotopic (exact) mass is 395 g/mol. The molecular formula is C19H29N3O2S2. The van der Waals surface area contributed by atoms with Gasteiger partial charge in [-0.15, -0.1) is 11.3 Å². The fourth-order valence-corrected chi connectivity index (χ4v) is 4.70. The molecule has 5 nitrogen and oxygen atoms in total. The standard InChI is InChI=1S/C19H29N3O2S2/c1-6-8-12(4)20-15(23)10-25-19-21-17(24)16-14(9-11(3)7-2)13(5)26-18(16)22-19/h11-12H,6-10H2,1-5H3,(H,20,23)(H,21,22,24)/t11-,12+/m0/s1. The predicted octanol–water partition coefficient (Wildman–Crippen LogP) is 4.28. The van der Waals surface area contributed by atoms with Crippen molar-refractivity contribution in [2.24, 2.45) is 5.92 Å². The summed E-state index contributed by atoms with van der Waals surface area (Å²) < 4.78 is 0. The van der Waals surface area contributed by atoms with Gasteiger partial charge in [0.1, 0.15) is 4.83 Å². The van der Waals surface area contributed by atoms with Gasteiger partial charge in [0, 0.05) is 10.9 Å². The van der Waals surface area contributed by atoms with Crippen molar-refractivity contribution in [2.45, 2.75) is 71.5 Å². The third-order valence-electron chi connectivity index (χ3n) is 4.56. The minimum absolute atomic E-state index is 0.0292. The fourth-order valence-electron chi connectivity index (χ4n) is 2.92. The Balaban J connectivity index is 2.14. The fraction of sp³-hybridized carbons (Fsp3) is 0.632. The summed E-state index contributed by atoms with van der Waals surface area (Å²) in [6.07, 6.45) is 3.99. The van der Waals surface area contributed by atoms with Crippen molar-refractivity contribution in [2.75, 3.05) is 5.75 Å². The van der Waals surface area contributed by atoms with E-state index in [0.717, 1.165) is 46.3 Å². The molecule has 0 aliphatic carbocycles. The first-order valence-electron chi connectivity index (χ1n) is 9.30. The molecule has 0 unspecified atom stereocenters. The summed E-state index contributed by atoms with van der Waals surface area (Å²) in [5, 5.41) is 4.20. The number of fused-ring (bicyclic) bond motifs is 1. The number of hydrogen-bond acceptors (Lipinski definition) is 5. The van der Waals surface area contributed by atoms with E-state index in [9.17, 15) is 9.59 Å². The van der Waals surface area contributed by atoms with Crippen LogP contribution in [0.2, 0.25) is 0 Å². The van der Waals surface area contributed by atoms with Gasteiger partial charge in [-0.05, 0) is 38.2 Å². The zero-order valence-electron chi connectivity index (χ0n) is 16.3. The quantitative estimate of drug-likeness (QED) is 0.491. The van der Waals surface area contributed by atoms with Gasteiger partial charge in [0.15, 0.2) is 5.16 Å². The van der Waals surface area contributed by atoms with Crippen LogP contribution in [0.4, 0.5) is 0 Å². The number of amides is 1. The van der Waals surface area contributed by atoms with E-state index in [1.165, 1.54) is 11.8 Å². The number of aromatic amines is 1. The van der Waals surface area contributed by atoms with E-state index >= 15 is 0 Å². The molecule has 0 saturated carbocycles. The van der Waals surface area contributed by atoms with E-state index in [1.54, 1.807) is 11.3 Å². The molecule has 0 radical (unpaired) electrons. The minimum atomic E-state index is -0.0973. The summed E-state index contributed by atoms with van der Waals surface area (Å²) in [6, 6.07) is 0.172. The summed E-state index contributed by atoms with van der Waals surface area (Å²) in [5.41, 5.74) is 1.02. The molecule has 2 N–H and O–H groups in total. The number of hydrogen-bond donors (Lipinski definition) is 2. The van der Waals surface area contributed by atoms with E-state index in [0.29, 0.717) is 11.1 Å². The topological polar surface area (TPSA) is 74.8 Å². The second-order valence-electron chi connectivity index (χ2n) is 6.95. The van der Waals surface area contributed by atoms with Crippen LogP contribution < -0.4 is 10.9 Å². The van der Waals surface area contributed by atoms with Gasteiger partial charge in [0.25, 0.3) is 5.56 Å². The highest BCUT2D eigenvalue weighted by molar-refractivity contribution is 7.99. The van der Waals surface area contributed by atoms with E-state index < -0.39 is 0 Å². The van der Waals surface area contributed by atoms with Crippen molar-refractivity contribution < 1.29 is 4.79 Å². The Morgan fingerprint density at radius 3 is 2.73 bits per heavy atom. The molecule has 0 aliphatic heterocycles. The van der Waals surface area contributed by atoms with Crippen LogP contribution >= 0.6 is 23.1 Å². The molecule has 0 spiro atoms. The largest absolute Gasteiger partial charge is 0.353 e. The van der Waals surface area contributed by atoms with Gasteiger partial charge in [-0.25, -0.2) is 4.98 Å². The van der Waals surface area contributed by atoms with Crippen molar-refractivity contribution in [3.05, 3.63) is 20.8 Å². The highest BCUT2D eigenvalue weighted by atomic mass is 32.2. The number of aryl methyl sites for hydroxylation is 1. The van der Waals surface area contributed by atoms with Crippen molar-refractivity contribution >= 4 is 39.2 Å². The lowest BCUT2D eigenvalue weighted by atomic mass is 9.98. The second kappa shape index (κ2) is 9.55. The van der Waals surface area contributed by atoms with Gasteiger partial charge in [0.05, 0.1) is 11.1 Å². The van der Waals surface area contributed by atoms with E-state index in [2.05, 4.69) is 43.0 Å². The summed E-state index contributed by atoms with van der Waals surface area (Å²) in [4.78, 5) is 34.0. The molecule has 0 aliphatic rings. The molecule has 7 heteroatoms. The molecule has 0 saturated heterocycles. The lowest BCUT2D eigenvalue weighted by molar-refractivity contribution is -0.119. The molecule has 26 heavy (non-hydrogen) atoms. The Morgan fingerprint density at radius 2 is 2.08 bits per heavy atom. The highest BCUT2D eigenvalue weighted by Gasteiger charge is 2.17. The van der Waals surface area contributed by atoms with Crippen LogP contribution in [-0.4, -0.2) is 27.7 Å². The summed E-state index contributed by atoms with van der Waals surface area (Å²) >= 11 is 2.85. The van der Waals surface area contributed by atoms with Crippen molar-refractivity contribution in [1.82, 2.24) is 15.3 Å². The average molecular weight is 396 g/mol. The number of nitrogens with one attached hydrogen (secondary N) is 2. The molecule has 2 aromatic rings. The lowest BCUT2D eigenvalue weighted by Crippen LogP contribution is -2.33. The van der Waals surface area contributed by atoms with Gasteiger partial charge in [-0.1, -0.05) is 45.4 Å². The maximum absolute atomic E-state index is 12.6. The van der Waals surface area contributed by atoms with E-state index in [1.807, 2.05) is 6.92 Å².